The number of hydrogen-bond donors (Lipinski definition) is 2. The highest BCUT2D eigenvalue weighted by Crippen LogP contribution is 2.28. The number of pyridine rings is 2. The van der Waals surface area contributed by atoms with Crippen molar-refractivity contribution in [2.75, 3.05) is 12.4 Å². The number of benzene rings is 1. The van der Waals surface area contributed by atoms with Gasteiger partial charge in [-0.1, -0.05) is 23.7 Å². The topological polar surface area (TPSA) is 116 Å². The number of methoxy groups -OCH3 is 1. The van der Waals surface area contributed by atoms with Crippen LogP contribution in [0.25, 0.3) is 27.9 Å². The van der Waals surface area contributed by atoms with Gasteiger partial charge in [0.05, 0.1) is 36.7 Å². The molecule has 0 radical (unpaired) electrons. The SMILES string of the molecule is COc1cnc2c(NCc3nnc4ccc(-c5ccc([C@@H](C)N)c(Cl)c5)nn34)ccnc2c1. The van der Waals surface area contributed by atoms with Gasteiger partial charge >= 0.3 is 0 Å². The highest BCUT2D eigenvalue weighted by atomic mass is 35.5. The first kappa shape index (κ1) is 21.0. The van der Waals surface area contributed by atoms with E-state index in [-0.39, 0.29) is 6.04 Å². The average molecular weight is 461 g/mol. The maximum absolute atomic E-state index is 6.42. The van der Waals surface area contributed by atoms with Crippen molar-refractivity contribution >= 4 is 34.0 Å². The Bertz CT molecular complexity index is 1470. The van der Waals surface area contributed by atoms with Crippen LogP contribution in [-0.2, 0) is 6.54 Å². The van der Waals surface area contributed by atoms with E-state index in [9.17, 15) is 0 Å². The number of halogens is 1. The summed E-state index contributed by atoms with van der Waals surface area (Å²) >= 11 is 6.42. The maximum atomic E-state index is 6.42. The molecule has 33 heavy (non-hydrogen) atoms. The Labute approximate surface area is 194 Å². The van der Waals surface area contributed by atoms with E-state index in [4.69, 9.17) is 27.2 Å². The Hall–Kier alpha value is -3.82. The molecule has 1 atom stereocenters. The second-order valence-electron chi connectivity index (χ2n) is 7.58. The summed E-state index contributed by atoms with van der Waals surface area (Å²) in [6.45, 7) is 2.30. The first-order valence-corrected chi connectivity index (χ1v) is 10.7. The molecule has 0 amide bonds. The quantitative estimate of drug-likeness (QED) is 0.390. The van der Waals surface area contributed by atoms with E-state index in [0.29, 0.717) is 28.8 Å². The van der Waals surface area contributed by atoms with Crippen LogP contribution < -0.4 is 15.8 Å². The van der Waals surface area contributed by atoms with Gasteiger partial charge in [0.1, 0.15) is 11.3 Å². The molecule has 0 saturated carbocycles. The molecule has 9 nitrogen and oxygen atoms in total. The highest BCUT2D eigenvalue weighted by molar-refractivity contribution is 6.31. The Morgan fingerprint density at radius 1 is 1.12 bits per heavy atom. The zero-order valence-electron chi connectivity index (χ0n) is 18.0. The number of ether oxygens (including phenoxy) is 1. The maximum Gasteiger partial charge on any atom is 0.178 e. The molecule has 4 aromatic heterocycles. The third-order valence-corrected chi connectivity index (χ3v) is 5.67. The van der Waals surface area contributed by atoms with Crippen molar-refractivity contribution in [2.45, 2.75) is 19.5 Å². The highest BCUT2D eigenvalue weighted by Gasteiger charge is 2.12. The lowest BCUT2D eigenvalue weighted by atomic mass is 10.0. The molecule has 5 rings (SSSR count). The molecule has 0 saturated heterocycles. The fourth-order valence-corrected chi connectivity index (χ4v) is 3.95. The minimum absolute atomic E-state index is 0.141. The van der Waals surface area contributed by atoms with Gasteiger partial charge in [-0.25, -0.2) is 4.98 Å². The largest absolute Gasteiger partial charge is 0.495 e. The number of rotatable bonds is 6. The summed E-state index contributed by atoms with van der Waals surface area (Å²) in [5.74, 6) is 1.31. The Kier molecular flexibility index (Phi) is 5.49. The summed E-state index contributed by atoms with van der Waals surface area (Å²) in [7, 11) is 1.60. The zero-order chi connectivity index (χ0) is 22.9. The number of nitrogens with two attached hydrogens (primary N) is 1. The molecule has 0 bridgehead atoms. The van der Waals surface area contributed by atoms with Gasteiger partial charge in [-0.2, -0.15) is 9.61 Å². The van der Waals surface area contributed by atoms with Crippen LogP contribution in [0, 0.1) is 0 Å². The zero-order valence-corrected chi connectivity index (χ0v) is 18.8. The molecule has 4 heterocycles. The minimum atomic E-state index is -0.141. The van der Waals surface area contributed by atoms with E-state index in [1.54, 1.807) is 24.0 Å². The molecular weight excluding hydrogens is 440 g/mol. The van der Waals surface area contributed by atoms with Crippen LogP contribution in [0.5, 0.6) is 5.75 Å². The Balaban J connectivity index is 1.44. The van der Waals surface area contributed by atoms with Crippen LogP contribution >= 0.6 is 11.6 Å². The molecule has 0 aliphatic heterocycles. The number of anilines is 1. The van der Waals surface area contributed by atoms with E-state index >= 15 is 0 Å². The van der Waals surface area contributed by atoms with Gasteiger partial charge in [-0.3, -0.25) is 4.98 Å². The van der Waals surface area contributed by atoms with Gasteiger partial charge in [0.15, 0.2) is 11.5 Å². The number of aromatic nitrogens is 6. The Morgan fingerprint density at radius 3 is 2.79 bits per heavy atom. The fourth-order valence-electron chi connectivity index (χ4n) is 3.59. The summed E-state index contributed by atoms with van der Waals surface area (Å²) in [4.78, 5) is 8.83. The first-order chi connectivity index (χ1) is 16.0. The van der Waals surface area contributed by atoms with Crippen LogP contribution in [0.4, 0.5) is 5.69 Å². The van der Waals surface area contributed by atoms with E-state index in [1.165, 1.54) is 0 Å². The van der Waals surface area contributed by atoms with Gasteiger partial charge in [0.2, 0.25) is 0 Å². The van der Waals surface area contributed by atoms with Crippen molar-refractivity contribution in [3.05, 3.63) is 71.3 Å². The summed E-state index contributed by atoms with van der Waals surface area (Å²) in [5.41, 5.74) is 11.5. The van der Waals surface area contributed by atoms with Crippen LogP contribution in [0.1, 0.15) is 24.4 Å². The molecule has 10 heteroatoms. The lowest BCUT2D eigenvalue weighted by Crippen LogP contribution is -2.08. The smallest absolute Gasteiger partial charge is 0.178 e. The summed E-state index contributed by atoms with van der Waals surface area (Å²) in [5, 5.41) is 17.2. The van der Waals surface area contributed by atoms with Crippen molar-refractivity contribution in [1.82, 2.24) is 29.8 Å². The van der Waals surface area contributed by atoms with Crippen molar-refractivity contribution in [3.8, 4) is 17.0 Å². The van der Waals surface area contributed by atoms with Crippen LogP contribution in [-0.4, -0.2) is 36.9 Å². The molecule has 3 N–H and O–H groups in total. The second-order valence-corrected chi connectivity index (χ2v) is 7.99. The van der Waals surface area contributed by atoms with Crippen LogP contribution in [0.2, 0.25) is 5.02 Å². The molecule has 1 aromatic carbocycles. The van der Waals surface area contributed by atoms with Gasteiger partial charge in [-0.15, -0.1) is 10.2 Å². The van der Waals surface area contributed by atoms with Gasteiger partial charge < -0.3 is 15.8 Å². The lowest BCUT2D eigenvalue weighted by Gasteiger charge is -2.10. The van der Waals surface area contributed by atoms with Crippen molar-refractivity contribution in [2.24, 2.45) is 5.73 Å². The second kappa shape index (κ2) is 8.61. The number of nitrogens with one attached hydrogen (secondary N) is 1. The van der Waals surface area contributed by atoms with Crippen LogP contribution in [0.3, 0.4) is 0 Å². The lowest BCUT2D eigenvalue weighted by molar-refractivity contribution is 0.413. The third-order valence-electron chi connectivity index (χ3n) is 5.34. The fraction of sp³-hybridized carbons (Fsp3) is 0.174. The van der Waals surface area contributed by atoms with Crippen molar-refractivity contribution < 1.29 is 4.74 Å². The normalized spacial score (nSPS) is 12.2. The number of nitrogens with zero attached hydrogens (tertiary/aromatic N) is 6. The molecule has 0 fully saturated rings. The number of fused-ring (bicyclic) bond motifs is 2. The molecular formula is C23H21ClN8O. The van der Waals surface area contributed by atoms with Crippen LogP contribution in [0.15, 0.2) is 54.9 Å². The minimum Gasteiger partial charge on any atom is -0.495 e. The molecule has 0 spiro atoms. The monoisotopic (exact) mass is 460 g/mol. The molecule has 0 aliphatic carbocycles. The summed E-state index contributed by atoms with van der Waals surface area (Å²) in [6, 6.07) is 13.1. The van der Waals surface area contributed by atoms with Gasteiger partial charge in [0, 0.05) is 28.9 Å². The molecule has 0 aliphatic rings. The third kappa shape index (κ3) is 4.04. The predicted molar refractivity (Wildman–Crippen MR) is 127 cm³/mol. The number of hydrogen-bond acceptors (Lipinski definition) is 8. The first-order valence-electron chi connectivity index (χ1n) is 10.3. The predicted octanol–water partition coefficient (Wildman–Crippen LogP) is 4.03. The van der Waals surface area contributed by atoms with Gasteiger partial charge in [0.25, 0.3) is 0 Å². The van der Waals surface area contributed by atoms with E-state index in [1.807, 2.05) is 49.4 Å². The van der Waals surface area contributed by atoms with E-state index in [0.717, 1.165) is 33.5 Å². The summed E-state index contributed by atoms with van der Waals surface area (Å²) in [6.07, 6.45) is 3.39. The average Bonchev–Trinajstić information content (AvgIpc) is 3.24. The standard InChI is InChI=1S/C23H21ClN8O/c1-13(25)16-4-3-14(9-17(16)24)18-5-6-21-29-30-22(32(21)31-18)12-27-19-7-8-26-20-10-15(33-2)11-28-23(19)20/h3-11,13H,12,25H2,1-2H3,(H,26,27)/t13-/m1/s1. The molecule has 5 aromatic rings. The van der Waals surface area contributed by atoms with Gasteiger partial charge in [-0.05, 0) is 36.8 Å². The molecule has 0 unspecified atom stereocenters. The van der Waals surface area contributed by atoms with E-state index < -0.39 is 0 Å². The van der Waals surface area contributed by atoms with Crippen molar-refractivity contribution in [1.29, 1.82) is 0 Å². The summed E-state index contributed by atoms with van der Waals surface area (Å²) < 4.78 is 6.95. The Morgan fingerprint density at radius 2 is 2.00 bits per heavy atom. The molecule has 166 valence electrons. The van der Waals surface area contributed by atoms with E-state index in [2.05, 4.69) is 25.5 Å². The van der Waals surface area contributed by atoms with Crippen molar-refractivity contribution in [3.63, 3.8) is 0 Å².